The Kier molecular flexibility index (Phi) is 4.18. The van der Waals surface area contributed by atoms with Gasteiger partial charge in [0.25, 0.3) is 0 Å². The molecular formula is C20H26O5. The molecule has 3 rings (SSSR count). The summed E-state index contributed by atoms with van der Waals surface area (Å²) in [6.45, 7) is 8.03. The van der Waals surface area contributed by atoms with Crippen molar-refractivity contribution in [2.75, 3.05) is 0 Å². The molecule has 3 aliphatic rings. The first-order valence-electron chi connectivity index (χ1n) is 8.86. The van der Waals surface area contributed by atoms with E-state index < -0.39 is 12.3 Å². The number of ether oxygens (including phenoxy) is 1. The molecule has 25 heavy (non-hydrogen) atoms. The minimum Gasteiger partial charge on any atom is -0.504 e. The van der Waals surface area contributed by atoms with Gasteiger partial charge in [-0.05, 0) is 43.6 Å². The zero-order valence-corrected chi connectivity index (χ0v) is 15.3. The largest absolute Gasteiger partial charge is 0.504 e. The third-order valence-corrected chi connectivity index (χ3v) is 6.13. The molecule has 0 aromatic heterocycles. The molecule has 5 nitrogen and oxygen atoms in total. The molecule has 136 valence electrons. The SMILES string of the molecule is CC1=C(CCC2=CC(=O)OC2O)[C@@]2(C)CCCC(C)(C)C2=C(O)C1=O. The zero-order chi connectivity index (χ0) is 18.6. The molecule has 1 unspecified atom stereocenters. The number of aliphatic hydroxyl groups excluding tert-OH is 2. The summed E-state index contributed by atoms with van der Waals surface area (Å²) in [5, 5.41) is 20.4. The summed E-state index contributed by atoms with van der Waals surface area (Å²) in [5.41, 5.74) is 2.37. The maximum absolute atomic E-state index is 12.6. The van der Waals surface area contributed by atoms with Crippen molar-refractivity contribution >= 4 is 11.8 Å². The first kappa shape index (κ1) is 17.9. The van der Waals surface area contributed by atoms with Crippen LogP contribution in [0.1, 0.15) is 59.8 Å². The fourth-order valence-electron chi connectivity index (χ4n) is 4.98. The number of cyclic esters (lactones) is 1. The molecule has 0 aromatic carbocycles. The summed E-state index contributed by atoms with van der Waals surface area (Å²) in [6.07, 6.45) is 4.00. The molecule has 2 aliphatic carbocycles. The van der Waals surface area contributed by atoms with Crippen molar-refractivity contribution < 1.29 is 24.5 Å². The summed E-state index contributed by atoms with van der Waals surface area (Å²) < 4.78 is 4.74. The van der Waals surface area contributed by atoms with E-state index in [0.717, 1.165) is 30.4 Å². The lowest BCUT2D eigenvalue weighted by atomic mass is 9.54. The van der Waals surface area contributed by atoms with Gasteiger partial charge in [0.15, 0.2) is 5.76 Å². The maximum atomic E-state index is 12.6. The standard InChI is InChI=1S/C20H26O5/c1-11-13(7-6-12-10-14(21)25-18(12)24)20(4)9-5-8-19(2,3)17(20)16(23)15(11)22/h10,18,23-24H,5-9H2,1-4H3/t18?,20-/m1/s1. The van der Waals surface area contributed by atoms with Crippen LogP contribution >= 0.6 is 0 Å². The fraction of sp³-hybridized carbons (Fsp3) is 0.600. The highest BCUT2D eigenvalue weighted by Gasteiger charge is 2.50. The van der Waals surface area contributed by atoms with E-state index >= 15 is 0 Å². The summed E-state index contributed by atoms with van der Waals surface area (Å²) >= 11 is 0. The fourth-order valence-corrected chi connectivity index (χ4v) is 4.98. The Bertz CT molecular complexity index is 737. The minimum atomic E-state index is -1.19. The number of carbonyl (C=O) groups is 2. The highest BCUT2D eigenvalue weighted by Crippen LogP contribution is 2.58. The lowest BCUT2D eigenvalue weighted by molar-refractivity contribution is -0.151. The molecule has 0 amide bonds. The number of allylic oxidation sites excluding steroid dienone is 3. The van der Waals surface area contributed by atoms with Crippen LogP contribution in [-0.4, -0.2) is 28.3 Å². The van der Waals surface area contributed by atoms with E-state index in [1.807, 2.05) is 0 Å². The molecule has 0 radical (unpaired) electrons. The molecule has 1 aliphatic heterocycles. The molecule has 2 atom stereocenters. The smallest absolute Gasteiger partial charge is 0.333 e. The number of esters is 1. The van der Waals surface area contributed by atoms with Crippen molar-refractivity contribution in [2.24, 2.45) is 10.8 Å². The van der Waals surface area contributed by atoms with Gasteiger partial charge in [0, 0.05) is 22.6 Å². The van der Waals surface area contributed by atoms with Gasteiger partial charge in [0.1, 0.15) is 0 Å². The molecule has 5 heteroatoms. The molecule has 1 saturated carbocycles. The topological polar surface area (TPSA) is 83.8 Å². The highest BCUT2D eigenvalue weighted by atomic mass is 16.6. The molecule has 1 fully saturated rings. The van der Waals surface area contributed by atoms with E-state index in [9.17, 15) is 19.8 Å². The van der Waals surface area contributed by atoms with Crippen LogP contribution in [0, 0.1) is 10.8 Å². The van der Waals surface area contributed by atoms with Gasteiger partial charge in [0.2, 0.25) is 12.1 Å². The van der Waals surface area contributed by atoms with Crippen LogP contribution in [0.3, 0.4) is 0 Å². The van der Waals surface area contributed by atoms with Crippen LogP contribution in [0.5, 0.6) is 0 Å². The Morgan fingerprint density at radius 2 is 1.88 bits per heavy atom. The van der Waals surface area contributed by atoms with Crippen LogP contribution in [0.25, 0.3) is 0 Å². The van der Waals surface area contributed by atoms with E-state index in [1.165, 1.54) is 6.08 Å². The number of rotatable bonds is 3. The Morgan fingerprint density at radius 3 is 2.48 bits per heavy atom. The van der Waals surface area contributed by atoms with Crippen molar-refractivity contribution in [1.29, 1.82) is 0 Å². The lowest BCUT2D eigenvalue weighted by Crippen LogP contribution is -2.41. The van der Waals surface area contributed by atoms with Crippen LogP contribution in [0.15, 0.2) is 34.1 Å². The van der Waals surface area contributed by atoms with Crippen molar-refractivity contribution in [1.82, 2.24) is 0 Å². The van der Waals surface area contributed by atoms with Gasteiger partial charge in [-0.25, -0.2) is 4.79 Å². The van der Waals surface area contributed by atoms with E-state index in [-0.39, 0.29) is 22.4 Å². The van der Waals surface area contributed by atoms with Crippen LogP contribution < -0.4 is 0 Å². The number of fused-ring (bicyclic) bond motifs is 1. The van der Waals surface area contributed by atoms with Gasteiger partial charge in [-0.15, -0.1) is 0 Å². The van der Waals surface area contributed by atoms with E-state index in [4.69, 9.17) is 4.74 Å². The average molecular weight is 346 g/mol. The van der Waals surface area contributed by atoms with Crippen molar-refractivity contribution in [3.05, 3.63) is 34.1 Å². The minimum absolute atomic E-state index is 0.0907. The number of ketones is 1. The molecule has 1 heterocycles. The van der Waals surface area contributed by atoms with Gasteiger partial charge in [0.05, 0.1) is 0 Å². The van der Waals surface area contributed by atoms with E-state index in [0.29, 0.717) is 24.0 Å². The first-order chi connectivity index (χ1) is 11.6. The predicted molar refractivity (Wildman–Crippen MR) is 92.5 cm³/mol. The van der Waals surface area contributed by atoms with Crippen LogP contribution in [0.2, 0.25) is 0 Å². The summed E-state index contributed by atoms with van der Waals surface area (Å²) in [4.78, 5) is 23.9. The highest BCUT2D eigenvalue weighted by molar-refractivity contribution is 6.09. The summed E-state index contributed by atoms with van der Waals surface area (Å²) in [5.74, 6) is -0.922. The van der Waals surface area contributed by atoms with Crippen LogP contribution in [-0.2, 0) is 14.3 Å². The van der Waals surface area contributed by atoms with E-state index in [2.05, 4.69) is 20.8 Å². The third kappa shape index (κ3) is 2.74. The second-order valence-electron chi connectivity index (χ2n) is 8.23. The van der Waals surface area contributed by atoms with Gasteiger partial charge >= 0.3 is 5.97 Å². The molecule has 2 N–H and O–H groups in total. The maximum Gasteiger partial charge on any atom is 0.333 e. The number of Topliss-reactive ketones (excluding diaryl/α,β-unsaturated/α-hetero) is 1. The predicted octanol–water partition coefficient (Wildman–Crippen LogP) is 3.50. The Labute approximate surface area is 148 Å². The zero-order valence-electron chi connectivity index (χ0n) is 15.3. The first-order valence-corrected chi connectivity index (χ1v) is 8.86. The monoisotopic (exact) mass is 346 g/mol. The van der Waals surface area contributed by atoms with Crippen LogP contribution in [0.4, 0.5) is 0 Å². The number of hydrogen-bond acceptors (Lipinski definition) is 5. The molecular weight excluding hydrogens is 320 g/mol. The van der Waals surface area contributed by atoms with Crippen molar-refractivity contribution in [2.45, 2.75) is 66.1 Å². The Morgan fingerprint density at radius 1 is 1.20 bits per heavy atom. The average Bonchev–Trinajstić information content (AvgIpc) is 2.81. The lowest BCUT2D eigenvalue weighted by Gasteiger charge is -2.50. The molecule has 0 spiro atoms. The Balaban J connectivity index is 1.97. The van der Waals surface area contributed by atoms with Gasteiger partial charge in [-0.1, -0.05) is 32.8 Å². The molecule has 0 saturated heterocycles. The van der Waals surface area contributed by atoms with E-state index in [1.54, 1.807) is 6.92 Å². The van der Waals surface area contributed by atoms with Gasteiger partial charge < -0.3 is 14.9 Å². The number of hydrogen-bond donors (Lipinski definition) is 2. The summed E-state index contributed by atoms with van der Waals surface area (Å²) in [6, 6.07) is 0. The Hall–Kier alpha value is -1.88. The van der Waals surface area contributed by atoms with Gasteiger partial charge in [-0.3, -0.25) is 4.79 Å². The number of carbonyl (C=O) groups excluding carboxylic acids is 2. The van der Waals surface area contributed by atoms with Crippen molar-refractivity contribution in [3.8, 4) is 0 Å². The molecule has 0 aromatic rings. The number of aliphatic hydroxyl groups is 2. The van der Waals surface area contributed by atoms with Gasteiger partial charge in [-0.2, -0.15) is 0 Å². The molecule has 0 bridgehead atoms. The third-order valence-electron chi connectivity index (χ3n) is 6.13. The second-order valence-corrected chi connectivity index (χ2v) is 8.23. The quantitative estimate of drug-likeness (QED) is 0.764. The normalized spacial score (nSPS) is 31.9. The summed E-state index contributed by atoms with van der Waals surface area (Å²) in [7, 11) is 0. The van der Waals surface area contributed by atoms with Crippen molar-refractivity contribution in [3.63, 3.8) is 0 Å². The second kappa shape index (κ2) is 5.84.